The third-order valence-corrected chi connectivity index (χ3v) is 4.02. The molecule has 0 saturated carbocycles. The van der Waals surface area contributed by atoms with Crippen LogP contribution in [0.15, 0.2) is 18.2 Å². The molecular formula is C14H20ClNO. The third-order valence-electron chi connectivity index (χ3n) is 3.79. The maximum atomic E-state index is 9.15. The molecule has 0 aliphatic heterocycles. The second-order valence-electron chi connectivity index (χ2n) is 5.05. The van der Waals surface area contributed by atoms with E-state index < -0.39 is 0 Å². The first-order valence-electron chi connectivity index (χ1n) is 6.27. The van der Waals surface area contributed by atoms with E-state index in [4.69, 9.17) is 16.7 Å². The number of fused-ring (bicyclic) bond motifs is 1. The average molecular weight is 254 g/mol. The molecule has 2 rings (SSSR count). The number of benzene rings is 1. The fraction of sp³-hybridized carbons (Fsp3) is 0.571. The lowest BCUT2D eigenvalue weighted by Gasteiger charge is -2.24. The maximum Gasteiger partial charge on any atom is 0.0471 e. The normalized spacial score (nSPS) is 22.2. The smallest absolute Gasteiger partial charge is 0.0471 e. The van der Waals surface area contributed by atoms with Gasteiger partial charge in [-0.3, -0.25) is 0 Å². The summed E-state index contributed by atoms with van der Waals surface area (Å²) in [6.45, 7) is 4.43. The van der Waals surface area contributed by atoms with Crippen LogP contribution in [0.2, 0.25) is 5.02 Å². The molecule has 1 aromatic rings. The van der Waals surface area contributed by atoms with E-state index in [1.807, 2.05) is 6.07 Å². The van der Waals surface area contributed by atoms with Crippen LogP contribution < -0.4 is 5.32 Å². The summed E-state index contributed by atoms with van der Waals surface area (Å²) in [6, 6.07) is 6.88. The second kappa shape index (κ2) is 5.38. The molecule has 3 heteroatoms. The first-order valence-corrected chi connectivity index (χ1v) is 6.65. The van der Waals surface area contributed by atoms with E-state index in [1.54, 1.807) is 0 Å². The van der Waals surface area contributed by atoms with Crippen molar-refractivity contribution in [3.05, 3.63) is 34.3 Å². The summed E-state index contributed by atoms with van der Waals surface area (Å²) < 4.78 is 0. The molecule has 0 fully saturated rings. The summed E-state index contributed by atoms with van der Waals surface area (Å²) in [5.41, 5.74) is 2.73. The van der Waals surface area contributed by atoms with Crippen LogP contribution >= 0.6 is 11.6 Å². The van der Waals surface area contributed by atoms with Crippen LogP contribution in [0.3, 0.4) is 0 Å². The van der Waals surface area contributed by atoms with Crippen LogP contribution in [0.5, 0.6) is 0 Å². The minimum Gasteiger partial charge on any atom is -0.396 e. The monoisotopic (exact) mass is 253 g/mol. The van der Waals surface area contributed by atoms with E-state index in [0.717, 1.165) is 17.9 Å². The molecule has 0 spiro atoms. The van der Waals surface area contributed by atoms with E-state index in [2.05, 4.69) is 31.3 Å². The van der Waals surface area contributed by atoms with Gasteiger partial charge in [-0.1, -0.05) is 24.6 Å². The first kappa shape index (κ1) is 12.9. The Bertz CT molecular complexity index is 394. The maximum absolute atomic E-state index is 9.15. The molecule has 94 valence electrons. The molecular weight excluding hydrogens is 234 g/mol. The van der Waals surface area contributed by atoms with Crippen LogP contribution in [-0.2, 0) is 6.42 Å². The van der Waals surface area contributed by atoms with Gasteiger partial charge in [0.05, 0.1) is 0 Å². The van der Waals surface area contributed by atoms with Crippen LogP contribution in [0.25, 0.3) is 0 Å². The number of nitrogens with one attached hydrogen (secondary N) is 1. The Kier molecular flexibility index (Phi) is 4.08. The number of hydrogen-bond acceptors (Lipinski definition) is 2. The molecule has 0 radical (unpaired) electrons. The van der Waals surface area contributed by atoms with Gasteiger partial charge in [-0.2, -0.15) is 0 Å². The number of rotatable bonds is 4. The zero-order valence-electron chi connectivity index (χ0n) is 10.4. The molecule has 1 aliphatic rings. The van der Waals surface area contributed by atoms with Gasteiger partial charge in [-0.25, -0.2) is 0 Å². The van der Waals surface area contributed by atoms with Gasteiger partial charge >= 0.3 is 0 Å². The van der Waals surface area contributed by atoms with Crippen LogP contribution in [0, 0.1) is 5.92 Å². The molecule has 0 bridgehead atoms. The molecule has 2 N–H and O–H groups in total. The summed E-state index contributed by atoms with van der Waals surface area (Å²) in [5, 5.41) is 13.6. The topological polar surface area (TPSA) is 32.3 Å². The van der Waals surface area contributed by atoms with E-state index >= 15 is 0 Å². The van der Waals surface area contributed by atoms with Crippen molar-refractivity contribution in [2.75, 3.05) is 6.61 Å². The number of aliphatic hydroxyl groups excluding tert-OH is 1. The third kappa shape index (κ3) is 2.82. The van der Waals surface area contributed by atoms with Gasteiger partial charge in [0, 0.05) is 23.7 Å². The second-order valence-corrected chi connectivity index (χ2v) is 5.49. The summed E-state index contributed by atoms with van der Waals surface area (Å²) in [6.07, 6.45) is 2.21. The molecule has 3 atom stereocenters. The summed E-state index contributed by atoms with van der Waals surface area (Å²) in [4.78, 5) is 0. The SMILES string of the molecule is CC(CO)C(C)NC1CCc2cc(Cl)ccc21. The zero-order valence-corrected chi connectivity index (χ0v) is 11.2. The van der Waals surface area contributed by atoms with Crippen molar-refractivity contribution in [3.63, 3.8) is 0 Å². The zero-order chi connectivity index (χ0) is 12.4. The Morgan fingerprint density at radius 1 is 1.47 bits per heavy atom. The largest absolute Gasteiger partial charge is 0.396 e. The standard InChI is InChI=1S/C14H20ClNO/c1-9(8-17)10(2)16-14-6-3-11-7-12(15)4-5-13(11)14/h4-5,7,9-10,14,16-17H,3,6,8H2,1-2H3. The van der Waals surface area contributed by atoms with E-state index in [-0.39, 0.29) is 12.5 Å². The van der Waals surface area contributed by atoms with E-state index in [0.29, 0.717) is 12.1 Å². The van der Waals surface area contributed by atoms with Gasteiger partial charge in [0.15, 0.2) is 0 Å². The minimum absolute atomic E-state index is 0.231. The highest BCUT2D eigenvalue weighted by molar-refractivity contribution is 6.30. The molecule has 1 aromatic carbocycles. The molecule has 3 unspecified atom stereocenters. The highest BCUT2D eigenvalue weighted by atomic mass is 35.5. The summed E-state index contributed by atoms with van der Waals surface area (Å²) in [7, 11) is 0. The highest BCUT2D eigenvalue weighted by Crippen LogP contribution is 2.33. The number of aliphatic hydroxyl groups is 1. The first-order chi connectivity index (χ1) is 8.11. The molecule has 2 nitrogen and oxygen atoms in total. The van der Waals surface area contributed by atoms with Crippen LogP contribution in [-0.4, -0.2) is 17.8 Å². The van der Waals surface area contributed by atoms with Crippen molar-refractivity contribution in [2.45, 2.75) is 38.8 Å². The van der Waals surface area contributed by atoms with Crippen molar-refractivity contribution in [2.24, 2.45) is 5.92 Å². The quantitative estimate of drug-likeness (QED) is 0.865. The molecule has 0 aromatic heterocycles. The van der Waals surface area contributed by atoms with Gasteiger partial charge in [-0.05, 0) is 48.9 Å². The van der Waals surface area contributed by atoms with Crippen molar-refractivity contribution in [3.8, 4) is 0 Å². The summed E-state index contributed by atoms with van der Waals surface area (Å²) >= 11 is 6.00. The highest BCUT2D eigenvalue weighted by Gasteiger charge is 2.24. The fourth-order valence-electron chi connectivity index (χ4n) is 2.40. The lowest BCUT2D eigenvalue weighted by Crippen LogP contribution is -2.36. The van der Waals surface area contributed by atoms with Gasteiger partial charge in [0.1, 0.15) is 0 Å². The Morgan fingerprint density at radius 2 is 2.24 bits per heavy atom. The van der Waals surface area contributed by atoms with Crippen LogP contribution in [0.1, 0.15) is 37.4 Å². The van der Waals surface area contributed by atoms with Crippen molar-refractivity contribution < 1.29 is 5.11 Å². The van der Waals surface area contributed by atoms with Gasteiger partial charge < -0.3 is 10.4 Å². The molecule has 17 heavy (non-hydrogen) atoms. The molecule has 0 heterocycles. The van der Waals surface area contributed by atoms with Gasteiger partial charge in [0.25, 0.3) is 0 Å². The van der Waals surface area contributed by atoms with E-state index in [1.165, 1.54) is 11.1 Å². The van der Waals surface area contributed by atoms with Crippen LogP contribution in [0.4, 0.5) is 0 Å². The van der Waals surface area contributed by atoms with Crippen molar-refractivity contribution >= 4 is 11.6 Å². The van der Waals surface area contributed by atoms with Crippen molar-refractivity contribution in [1.29, 1.82) is 0 Å². The lowest BCUT2D eigenvalue weighted by molar-refractivity contribution is 0.200. The number of hydrogen-bond donors (Lipinski definition) is 2. The van der Waals surface area contributed by atoms with Gasteiger partial charge in [-0.15, -0.1) is 0 Å². The summed E-state index contributed by atoms with van der Waals surface area (Å²) in [5.74, 6) is 0.284. The number of aryl methyl sites for hydroxylation is 1. The fourth-order valence-corrected chi connectivity index (χ4v) is 2.59. The molecule has 0 saturated heterocycles. The predicted octanol–water partition coefficient (Wildman–Crippen LogP) is 2.93. The number of halogens is 1. The Balaban J connectivity index is 2.07. The predicted molar refractivity (Wildman–Crippen MR) is 71.4 cm³/mol. The lowest BCUT2D eigenvalue weighted by atomic mass is 10.0. The Labute approximate surface area is 108 Å². The molecule has 0 amide bonds. The average Bonchev–Trinajstić information content (AvgIpc) is 2.70. The molecule has 1 aliphatic carbocycles. The Hall–Kier alpha value is -0.570. The van der Waals surface area contributed by atoms with E-state index in [9.17, 15) is 0 Å². The van der Waals surface area contributed by atoms with Crippen molar-refractivity contribution in [1.82, 2.24) is 5.32 Å². The van der Waals surface area contributed by atoms with Gasteiger partial charge in [0.2, 0.25) is 0 Å². The Morgan fingerprint density at radius 3 is 2.94 bits per heavy atom. The minimum atomic E-state index is 0.231.